The number of carboxylic acids is 1. The van der Waals surface area contributed by atoms with E-state index in [0.717, 1.165) is 11.2 Å². The SMILES string of the molecule is BrCBr.CC(=O)O. The smallest absolute Gasteiger partial charge is 0.300 e. The van der Waals surface area contributed by atoms with E-state index in [-0.39, 0.29) is 0 Å². The first-order chi connectivity index (χ1) is 3.15. The van der Waals surface area contributed by atoms with E-state index in [1.54, 1.807) is 0 Å². The van der Waals surface area contributed by atoms with Gasteiger partial charge in [0.2, 0.25) is 0 Å². The molecule has 0 spiro atoms. The van der Waals surface area contributed by atoms with Gasteiger partial charge in [-0.05, 0) is 0 Å². The van der Waals surface area contributed by atoms with Crippen molar-refractivity contribution in [1.82, 2.24) is 0 Å². The van der Waals surface area contributed by atoms with Gasteiger partial charge in [0.25, 0.3) is 5.97 Å². The zero-order valence-electron chi connectivity index (χ0n) is 3.82. The van der Waals surface area contributed by atoms with Crippen LogP contribution in [0.2, 0.25) is 0 Å². The maximum atomic E-state index is 9.00. The second kappa shape index (κ2) is 9.66. The molecule has 0 aliphatic heterocycles. The van der Waals surface area contributed by atoms with Crippen LogP contribution in [0.5, 0.6) is 0 Å². The predicted molar refractivity (Wildman–Crippen MR) is 36.0 cm³/mol. The molecule has 0 atom stereocenters. The molecule has 0 fully saturated rings. The third-order valence-electron chi connectivity index (χ3n) is 0. The average Bonchev–Trinajstić information content (AvgIpc) is 1.33. The molecule has 0 aliphatic carbocycles. The molecule has 0 bridgehead atoms. The van der Waals surface area contributed by atoms with E-state index in [9.17, 15) is 0 Å². The fraction of sp³-hybridized carbons (Fsp3) is 0.667. The molecule has 0 rings (SSSR count). The number of carbonyl (C=O) groups is 1. The molecular weight excluding hydrogens is 228 g/mol. The Bertz CT molecular complexity index is 42.2. The highest BCUT2D eigenvalue weighted by atomic mass is 79.9. The van der Waals surface area contributed by atoms with Gasteiger partial charge in [0.05, 0.1) is 4.24 Å². The zero-order chi connectivity index (χ0) is 6.28. The third kappa shape index (κ3) is 682. The summed E-state index contributed by atoms with van der Waals surface area (Å²) in [5, 5.41) is 7.42. The Morgan fingerprint density at radius 3 is 1.71 bits per heavy atom. The Morgan fingerprint density at radius 2 is 1.71 bits per heavy atom. The highest BCUT2D eigenvalue weighted by Crippen LogP contribution is 1.83. The Labute approximate surface area is 59.2 Å². The number of hydrogen-bond donors (Lipinski definition) is 1. The molecule has 44 valence electrons. The van der Waals surface area contributed by atoms with Crippen LogP contribution in [-0.2, 0) is 4.79 Å². The van der Waals surface area contributed by atoms with Gasteiger partial charge in [-0.1, -0.05) is 31.9 Å². The molecule has 4 heteroatoms. The van der Waals surface area contributed by atoms with Crippen LogP contribution >= 0.6 is 31.9 Å². The summed E-state index contributed by atoms with van der Waals surface area (Å²) in [6.07, 6.45) is 0. The fourth-order valence-electron chi connectivity index (χ4n) is 0. The predicted octanol–water partition coefficient (Wildman–Crippen LogP) is 1.82. The topological polar surface area (TPSA) is 37.3 Å². The Hall–Kier alpha value is 0.430. The van der Waals surface area contributed by atoms with Crippen molar-refractivity contribution in [2.45, 2.75) is 6.92 Å². The molecule has 0 amide bonds. The summed E-state index contributed by atoms with van der Waals surface area (Å²) in [5.74, 6) is -0.833. The van der Waals surface area contributed by atoms with E-state index in [1.807, 2.05) is 0 Å². The Kier molecular flexibility index (Phi) is 14.4. The first-order valence-electron chi connectivity index (χ1n) is 1.46. The second-order valence-electron chi connectivity index (χ2n) is 0.620. The molecule has 0 aromatic heterocycles. The minimum Gasteiger partial charge on any atom is -0.481 e. The highest BCUT2D eigenvalue weighted by Gasteiger charge is 1.65. The minimum atomic E-state index is -0.833. The van der Waals surface area contributed by atoms with Crippen LogP contribution in [0.4, 0.5) is 0 Å². The maximum Gasteiger partial charge on any atom is 0.300 e. The van der Waals surface area contributed by atoms with Gasteiger partial charge in [0, 0.05) is 6.92 Å². The molecule has 0 aromatic carbocycles. The van der Waals surface area contributed by atoms with E-state index in [1.165, 1.54) is 0 Å². The van der Waals surface area contributed by atoms with Crippen molar-refractivity contribution in [2.75, 3.05) is 4.24 Å². The maximum absolute atomic E-state index is 9.00. The van der Waals surface area contributed by atoms with E-state index < -0.39 is 5.97 Å². The lowest BCUT2D eigenvalue weighted by Crippen LogP contribution is -1.78. The monoisotopic (exact) mass is 232 g/mol. The van der Waals surface area contributed by atoms with Crippen LogP contribution in [-0.4, -0.2) is 15.3 Å². The molecular formula is C3H6Br2O2. The van der Waals surface area contributed by atoms with Crippen molar-refractivity contribution in [1.29, 1.82) is 0 Å². The molecule has 2 nitrogen and oxygen atoms in total. The van der Waals surface area contributed by atoms with Crippen LogP contribution in [0.15, 0.2) is 0 Å². The molecule has 0 unspecified atom stereocenters. The lowest BCUT2D eigenvalue weighted by atomic mass is 10.9. The minimum absolute atomic E-state index is 0.833. The van der Waals surface area contributed by atoms with Gasteiger partial charge in [-0.2, -0.15) is 0 Å². The molecule has 0 radical (unpaired) electrons. The van der Waals surface area contributed by atoms with Crippen molar-refractivity contribution in [3.63, 3.8) is 0 Å². The largest absolute Gasteiger partial charge is 0.481 e. The van der Waals surface area contributed by atoms with Gasteiger partial charge in [-0.25, -0.2) is 0 Å². The van der Waals surface area contributed by atoms with Crippen LogP contribution in [0.3, 0.4) is 0 Å². The number of halogens is 2. The zero-order valence-corrected chi connectivity index (χ0v) is 6.99. The summed E-state index contributed by atoms with van der Waals surface area (Å²) in [7, 11) is 0. The van der Waals surface area contributed by atoms with Gasteiger partial charge < -0.3 is 5.11 Å². The molecule has 0 aromatic rings. The lowest BCUT2D eigenvalue weighted by Gasteiger charge is -1.59. The van der Waals surface area contributed by atoms with Crippen molar-refractivity contribution in [3.05, 3.63) is 0 Å². The van der Waals surface area contributed by atoms with Gasteiger partial charge in [-0.3, -0.25) is 4.79 Å². The van der Waals surface area contributed by atoms with Gasteiger partial charge in [0.15, 0.2) is 0 Å². The van der Waals surface area contributed by atoms with Crippen LogP contribution in [0.1, 0.15) is 6.92 Å². The van der Waals surface area contributed by atoms with Gasteiger partial charge >= 0.3 is 0 Å². The summed E-state index contributed by atoms with van der Waals surface area (Å²) < 4.78 is 0.875. The number of hydrogen-bond acceptors (Lipinski definition) is 1. The molecule has 1 N–H and O–H groups in total. The Balaban J connectivity index is 0. The van der Waals surface area contributed by atoms with Crippen molar-refractivity contribution in [3.8, 4) is 0 Å². The van der Waals surface area contributed by atoms with E-state index in [2.05, 4.69) is 31.9 Å². The normalized spacial score (nSPS) is 6.14. The quantitative estimate of drug-likeness (QED) is 0.649. The number of rotatable bonds is 0. The van der Waals surface area contributed by atoms with E-state index in [4.69, 9.17) is 9.90 Å². The number of carboxylic acid groups (broad SMARTS) is 1. The van der Waals surface area contributed by atoms with E-state index in [0.29, 0.717) is 0 Å². The van der Waals surface area contributed by atoms with Crippen molar-refractivity contribution < 1.29 is 9.90 Å². The van der Waals surface area contributed by atoms with E-state index >= 15 is 0 Å². The first-order valence-corrected chi connectivity index (χ1v) is 3.71. The van der Waals surface area contributed by atoms with Crippen LogP contribution in [0.25, 0.3) is 0 Å². The number of aliphatic carboxylic acids is 1. The molecule has 0 saturated carbocycles. The summed E-state index contributed by atoms with van der Waals surface area (Å²) in [5.41, 5.74) is 0. The molecule has 0 aliphatic rings. The summed E-state index contributed by atoms with van der Waals surface area (Å²) >= 11 is 6.12. The summed E-state index contributed by atoms with van der Waals surface area (Å²) in [6, 6.07) is 0. The summed E-state index contributed by atoms with van der Waals surface area (Å²) in [4.78, 5) is 9.00. The third-order valence-corrected chi connectivity index (χ3v) is 0. The second-order valence-corrected chi connectivity index (χ2v) is 3.25. The van der Waals surface area contributed by atoms with Crippen molar-refractivity contribution in [2.24, 2.45) is 0 Å². The highest BCUT2D eigenvalue weighted by molar-refractivity contribution is 9.24. The van der Waals surface area contributed by atoms with Crippen molar-refractivity contribution >= 4 is 37.8 Å². The molecule has 0 saturated heterocycles. The lowest BCUT2D eigenvalue weighted by molar-refractivity contribution is -0.134. The standard InChI is InChI=1S/C2H4O2.CH2Br2/c1-2(3)4;2-1-3/h1H3,(H,3,4);1H2. The Morgan fingerprint density at radius 1 is 1.71 bits per heavy atom. The first kappa shape index (κ1) is 10.4. The molecule has 0 heterocycles. The van der Waals surface area contributed by atoms with Crippen LogP contribution < -0.4 is 0 Å². The number of alkyl halides is 2. The van der Waals surface area contributed by atoms with Crippen LogP contribution in [0, 0.1) is 0 Å². The van der Waals surface area contributed by atoms with Gasteiger partial charge in [0.1, 0.15) is 0 Å². The van der Waals surface area contributed by atoms with Gasteiger partial charge in [-0.15, -0.1) is 0 Å². The fourth-order valence-corrected chi connectivity index (χ4v) is 0. The average molecular weight is 234 g/mol. The molecule has 7 heavy (non-hydrogen) atoms. The summed E-state index contributed by atoms with van der Waals surface area (Å²) in [6.45, 7) is 1.08.